The number of carbonyl (C=O) groups excluding carboxylic acids is 1. The highest BCUT2D eigenvalue weighted by molar-refractivity contribution is 5.86. The number of esters is 1. The zero-order valence-corrected chi connectivity index (χ0v) is 6.86. The average Bonchev–Trinajstić information content (AvgIpc) is 2.52. The lowest BCUT2D eigenvalue weighted by atomic mass is 10.4. The van der Waals surface area contributed by atoms with Gasteiger partial charge in [0.1, 0.15) is 0 Å². The van der Waals surface area contributed by atoms with Crippen molar-refractivity contribution in [1.29, 1.82) is 0 Å². The van der Waals surface area contributed by atoms with Crippen LogP contribution in [0.3, 0.4) is 0 Å². The number of methoxy groups -OCH3 is 1. The number of nitrogens with zero attached hydrogens (tertiary/aromatic N) is 1. The Morgan fingerprint density at radius 3 is 3.00 bits per heavy atom. The number of ether oxygens (including phenoxy) is 2. The molecular formula is C7H9NO4. The zero-order chi connectivity index (χ0) is 8.97. The van der Waals surface area contributed by atoms with Crippen LogP contribution in [0, 0.1) is 0 Å². The van der Waals surface area contributed by atoms with E-state index in [1.807, 2.05) is 0 Å². The monoisotopic (exact) mass is 171 g/mol. The Morgan fingerprint density at radius 1 is 1.75 bits per heavy atom. The van der Waals surface area contributed by atoms with Gasteiger partial charge in [-0.3, -0.25) is 0 Å². The second-order valence-electron chi connectivity index (χ2n) is 1.95. The van der Waals surface area contributed by atoms with Crippen molar-refractivity contribution in [3.63, 3.8) is 0 Å². The summed E-state index contributed by atoms with van der Waals surface area (Å²) in [6, 6.07) is 1.37. The third-order valence-corrected chi connectivity index (χ3v) is 1.17. The molecule has 1 aromatic rings. The normalized spacial score (nSPS) is 9.50. The van der Waals surface area contributed by atoms with Gasteiger partial charge in [-0.25, -0.2) is 4.79 Å². The molecule has 5 nitrogen and oxygen atoms in total. The lowest BCUT2D eigenvalue weighted by molar-refractivity contribution is 0.0479. The van der Waals surface area contributed by atoms with E-state index in [9.17, 15) is 4.79 Å². The molecule has 0 spiro atoms. The first-order valence-corrected chi connectivity index (χ1v) is 3.45. The summed E-state index contributed by atoms with van der Waals surface area (Å²) in [6.07, 6.45) is 0. The fourth-order valence-electron chi connectivity index (χ4n) is 0.654. The number of rotatable bonds is 3. The summed E-state index contributed by atoms with van der Waals surface area (Å²) in [6.45, 7) is 2.02. The fourth-order valence-corrected chi connectivity index (χ4v) is 0.654. The molecule has 66 valence electrons. The van der Waals surface area contributed by atoms with Crippen LogP contribution in [0.4, 0.5) is 0 Å². The van der Waals surface area contributed by atoms with Crippen molar-refractivity contribution in [2.45, 2.75) is 6.92 Å². The first kappa shape index (κ1) is 8.58. The summed E-state index contributed by atoms with van der Waals surface area (Å²) in [7, 11) is 1.44. The Morgan fingerprint density at radius 2 is 2.50 bits per heavy atom. The van der Waals surface area contributed by atoms with E-state index >= 15 is 0 Å². The number of hydrogen-bond donors (Lipinski definition) is 0. The van der Waals surface area contributed by atoms with Crippen molar-refractivity contribution in [2.75, 3.05) is 13.7 Å². The topological polar surface area (TPSA) is 61.6 Å². The maximum absolute atomic E-state index is 11.0. The van der Waals surface area contributed by atoms with E-state index < -0.39 is 5.97 Å². The minimum atomic E-state index is -0.534. The van der Waals surface area contributed by atoms with Gasteiger partial charge in [-0.15, -0.1) is 0 Å². The summed E-state index contributed by atoms with van der Waals surface area (Å²) >= 11 is 0. The van der Waals surface area contributed by atoms with Gasteiger partial charge in [0.2, 0.25) is 5.76 Å². The molecule has 1 heterocycles. The van der Waals surface area contributed by atoms with E-state index in [2.05, 4.69) is 14.4 Å². The molecule has 0 radical (unpaired) electrons. The molecule has 0 aromatic carbocycles. The van der Waals surface area contributed by atoms with Crippen molar-refractivity contribution in [3.05, 3.63) is 11.8 Å². The smallest absolute Gasteiger partial charge is 0.377 e. The van der Waals surface area contributed by atoms with Crippen LogP contribution in [0.5, 0.6) is 5.88 Å². The summed E-state index contributed by atoms with van der Waals surface area (Å²) in [5.41, 5.74) is 0. The lowest BCUT2D eigenvalue weighted by Crippen LogP contribution is -2.02. The van der Waals surface area contributed by atoms with Crippen LogP contribution in [0.15, 0.2) is 10.6 Å². The van der Waals surface area contributed by atoms with E-state index in [0.29, 0.717) is 6.61 Å². The molecule has 0 aliphatic carbocycles. The number of hydrogen-bond acceptors (Lipinski definition) is 5. The molecular weight excluding hydrogens is 162 g/mol. The molecule has 5 heteroatoms. The van der Waals surface area contributed by atoms with Gasteiger partial charge in [-0.1, -0.05) is 0 Å². The molecule has 0 fully saturated rings. The second-order valence-corrected chi connectivity index (χ2v) is 1.95. The van der Waals surface area contributed by atoms with E-state index in [1.165, 1.54) is 13.2 Å². The van der Waals surface area contributed by atoms with Gasteiger partial charge in [-0.05, 0) is 12.1 Å². The van der Waals surface area contributed by atoms with Crippen LogP contribution in [0.1, 0.15) is 17.5 Å². The van der Waals surface area contributed by atoms with Crippen LogP contribution in [-0.2, 0) is 4.74 Å². The molecule has 0 aliphatic rings. The minimum absolute atomic E-state index is 0.0497. The van der Waals surface area contributed by atoms with Crippen molar-refractivity contribution >= 4 is 5.97 Å². The van der Waals surface area contributed by atoms with E-state index in [1.54, 1.807) is 6.92 Å². The molecule has 12 heavy (non-hydrogen) atoms. The van der Waals surface area contributed by atoms with E-state index in [0.717, 1.165) is 0 Å². The first-order chi connectivity index (χ1) is 5.77. The molecule has 0 atom stereocenters. The largest absolute Gasteiger partial charge is 0.479 e. The summed E-state index contributed by atoms with van der Waals surface area (Å²) in [5.74, 6) is -0.222. The van der Waals surface area contributed by atoms with E-state index in [-0.39, 0.29) is 11.6 Å². The van der Waals surface area contributed by atoms with Crippen LogP contribution in [0.2, 0.25) is 0 Å². The van der Waals surface area contributed by atoms with Crippen molar-refractivity contribution in [3.8, 4) is 5.88 Å². The third kappa shape index (κ3) is 1.75. The Kier molecular flexibility index (Phi) is 2.68. The Hall–Kier alpha value is -1.52. The first-order valence-electron chi connectivity index (χ1n) is 3.45. The molecule has 0 unspecified atom stereocenters. The van der Waals surface area contributed by atoms with Gasteiger partial charge in [-0.2, -0.15) is 0 Å². The van der Waals surface area contributed by atoms with Crippen molar-refractivity contribution < 1.29 is 18.8 Å². The summed E-state index contributed by atoms with van der Waals surface area (Å²) < 4.78 is 14.0. The third-order valence-electron chi connectivity index (χ3n) is 1.17. The summed E-state index contributed by atoms with van der Waals surface area (Å²) in [5, 5.41) is 3.44. The van der Waals surface area contributed by atoms with Gasteiger partial charge in [0.25, 0.3) is 5.88 Å². The van der Waals surface area contributed by atoms with Gasteiger partial charge in [0.15, 0.2) is 0 Å². The molecule has 0 aliphatic heterocycles. The second kappa shape index (κ2) is 3.75. The molecule has 0 N–H and O–H groups in total. The van der Waals surface area contributed by atoms with Crippen LogP contribution in [-0.4, -0.2) is 24.8 Å². The quantitative estimate of drug-likeness (QED) is 0.631. The highest BCUT2D eigenvalue weighted by Gasteiger charge is 2.13. The minimum Gasteiger partial charge on any atom is -0.479 e. The van der Waals surface area contributed by atoms with E-state index in [4.69, 9.17) is 4.74 Å². The number of aromatic nitrogens is 1. The SMILES string of the molecule is CCOC(=O)c1cc(OC)no1. The van der Waals surface area contributed by atoms with Crippen molar-refractivity contribution in [1.82, 2.24) is 5.16 Å². The van der Waals surface area contributed by atoms with Crippen molar-refractivity contribution in [2.24, 2.45) is 0 Å². The van der Waals surface area contributed by atoms with Crippen LogP contribution in [0.25, 0.3) is 0 Å². The molecule has 1 aromatic heterocycles. The molecule has 1 rings (SSSR count). The average molecular weight is 171 g/mol. The van der Waals surface area contributed by atoms with Gasteiger partial charge in [0, 0.05) is 0 Å². The lowest BCUT2D eigenvalue weighted by Gasteiger charge is -1.93. The Balaban J connectivity index is 2.68. The Labute approximate surface area is 69.2 Å². The zero-order valence-electron chi connectivity index (χ0n) is 6.86. The fraction of sp³-hybridized carbons (Fsp3) is 0.429. The molecule has 0 saturated heterocycles. The predicted octanol–water partition coefficient (Wildman–Crippen LogP) is 0.860. The highest BCUT2D eigenvalue weighted by Crippen LogP contribution is 2.10. The van der Waals surface area contributed by atoms with Gasteiger partial charge < -0.3 is 14.0 Å². The maximum Gasteiger partial charge on any atom is 0.377 e. The molecule has 0 bridgehead atoms. The molecule has 0 amide bonds. The van der Waals surface area contributed by atoms with Crippen LogP contribution >= 0.6 is 0 Å². The van der Waals surface area contributed by atoms with Gasteiger partial charge in [0.05, 0.1) is 19.8 Å². The number of carbonyl (C=O) groups is 1. The van der Waals surface area contributed by atoms with Gasteiger partial charge >= 0.3 is 5.97 Å². The predicted molar refractivity (Wildman–Crippen MR) is 39.0 cm³/mol. The standard InChI is InChI=1S/C7H9NO4/c1-3-11-7(9)5-4-6(10-2)8-12-5/h4H,3H2,1-2H3. The summed E-state index contributed by atoms with van der Waals surface area (Å²) in [4.78, 5) is 11.0. The highest BCUT2D eigenvalue weighted by atomic mass is 16.6. The van der Waals surface area contributed by atoms with Crippen LogP contribution < -0.4 is 4.74 Å². The maximum atomic E-state index is 11.0. The Bertz CT molecular complexity index is 268. The molecule has 0 saturated carbocycles.